The van der Waals surface area contributed by atoms with E-state index in [0.29, 0.717) is 36.9 Å². The highest BCUT2D eigenvalue weighted by molar-refractivity contribution is 6.21. The molecule has 0 bridgehead atoms. The van der Waals surface area contributed by atoms with Crippen LogP contribution in [0.15, 0.2) is 0 Å². The molecule has 5 N–H and O–H groups in total. The number of alkyl halides is 1. The molecule has 0 aromatic rings. The molecule has 0 spiro atoms. The van der Waals surface area contributed by atoms with E-state index >= 15 is 0 Å². The molecule has 226 valence electrons. The van der Waals surface area contributed by atoms with Crippen LogP contribution in [0, 0.1) is 11.8 Å². The zero-order valence-electron chi connectivity index (χ0n) is 24.7. The second-order valence-electron chi connectivity index (χ2n) is 12.6. The van der Waals surface area contributed by atoms with Crippen molar-refractivity contribution in [1.29, 1.82) is 0 Å². The van der Waals surface area contributed by atoms with Crippen molar-refractivity contribution in [3.63, 3.8) is 0 Å². The fourth-order valence-corrected chi connectivity index (χ4v) is 7.44. The van der Waals surface area contributed by atoms with Crippen molar-refractivity contribution in [3.05, 3.63) is 0 Å². The normalized spacial score (nSPS) is 39.3. The first-order valence-corrected chi connectivity index (χ1v) is 16.0. The van der Waals surface area contributed by atoms with Gasteiger partial charge in [0.2, 0.25) is 5.91 Å². The highest BCUT2D eigenvalue weighted by Crippen LogP contribution is 2.33. The van der Waals surface area contributed by atoms with E-state index in [1.54, 1.807) is 0 Å². The highest BCUT2D eigenvalue weighted by atomic mass is 35.5. The predicted molar refractivity (Wildman–Crippen MR) is 157 cm³/mol. The van der Waals surface area contributed by atoms with Gasteiger partial charge in [-0.05, 0) is 91.4 Å². The number of piperidine rings is 1. The lowest BCUT2D eigenvalue weighted by Crippen LogP contribution is -2.69. The second-order valence-corrected chi connectivity index (χ2v) is 13.2. The molecule has 1 amide bonds. The number of carbonyl (C=O) groups is 1. The van der Waals surface area contributed by atoms with Crippen LogP contribution in [0.1, 0.15) is 71.6 Å². The van der Waals surface area contributed by atoms with Crippen LogP contribution in [0.5, 0.6) is 0 Å². The quantitative estimate of drug-likeness (QED) is 0.227. The molecule has 4 aliphatic rings. The van der Waals surface area contributed by atoms with Gasteiger partial charge in [0.05, 0.1) is 36.4 Å². The fourth-order valence-electron chi connectivity index (χ4n) is 7.05. The maximum absolute atomic E-state index is 12.8. The number of ether oxygens (including phenoxy) is 2. The lowest BCUT2D eigenvalue weighted by molar-refractivity contribution is -0.124. The van der Waals surface area contributed by atoms with Crippen molar-refractivity contribution in [2.75, 3.05) is 47.1 Å². The van der Waals surface area contributed by atoms with Crippen LogP contribution >= 0.6 is 11.6 Å². The van der Waals surface area contributed by atoms with Gasteiger partial charge in [-0.15, -0.1) is 11.6 Å². The van der Waals surface area contributed by atoms with E-state index in [9.17, 15) is 4.79 Å². The van der Waals surface area contributed by atoms with Gasteiger partial charge in [0.25, 0.3) is 0 Å². The minimum atomic E-state index is 0.0239. The van der Waals surface area contributed by atoms with Crippen molar-refractivity contribution in [1.82, 2.24) is 31.5 Å². The van der Waals surface area contributed by atoms with Crippen molar-refractivity contribution in [2.45, 2.75) is 120 Å². The van der Waals surface area contributed by atoms with E-state index in [1.165, 1.54) is 12.8 Å². The molecule has 10 heteroatoms. The van der Waals surface area contributed by atoms with Crippen LogP contribution in [0.3, 0.4) is 0 Å². The number of rotatable bonds is 12. The maximum atomic E-state index is 12.8. The molecule has 2 saturated heterocycles. The summed E-state index contributed by atoms with van der Waals surface area (Å²) in [6.07, 6.45) is 9.12. The summed E-state index contributed by atoms with van der Waals surface area (Å²) in [7, 11) is 4.08. The van der Waals surface area contributed by atoms with Crippen LogP contribution in [0.25, 0.3) is 0 Å². The molecule has 0 aromatic heterocycles. The second kappa shape index (κ2) is 15.6. The zero-order valence-corrected chi connectivity index (χ0v) is 25.5. The molecule has 4 fully saturated rings. The summed E-state index contributed by atoms with van der Waals surface area (Å²) >= 11 is 6.97. The molecule has 39 heavy (non-hydrogen) atoms. The van der Waals surface area contributed by atoms with Gasteiger partial charge in [-0.2, -0.15) is 0 Å². The fraction of sp³-hybridized carbons (Fsp3) is 0.966. The Balaban J connectivity index is 1.28. The van der Waals surface area contributed by atoms with Gasteiger partial charge < -0.3 is 30.3 Å². The Hall–Kier alpha value is -0.520. The molecule has 10 unspecified atom stereocenters. The van der Waals surface area contributed by atoms with Gasteiger partial charge in [-0.25, -0.2) is 0 Å². The van der Waals surface area contributed by atoms with E-state index in [2.05, 4.69) is 38.4 Å². The van der Waals surface area contributed by atoms with Crippen LogP contribution in [0.4, 0.5) is 0 Å². The average Bonchev–Trinajstić information content (AvgIpc) is 2.90. The van der Waals surface area contributed by atoms with Crippen molar-refractivity contribution >= 4 is 17.5 Å². The van der Waals surface area contributed by atoms with Gasteiger partial charge in [0, 0.05) is 43.7 Å². The average molecular weight is 571 g/mol. The van der Waals surface area contributed by atoms with Crippen LogP contribution in [-0.4, -0.2) is 106 Å². The molecule has 2 saturated carbocycles. The summed E-state index contributed by atoms with van der Waals surface area (Å²) in [6.45, 7) is 8.59. The van der Waals surface area contributed by atoms with Gasteiger partial charge in [-0.3, -0.25) is 15.4 Å². The molecular weight excluding hydrogens is 516 g/mol. The molecule has 2 heterocycles. The number of carbonyl (C=O) groups excluding carboxylic acids is 1. The van der Waals surface area contributed by atoms with Gasteiger partial charge in [0.1, 0.15) is 0 Å². The molecule has 10 atom stereocenters. The third kappa shape index (κ3) is 9.23. The lowest BCUT2D eigenvalue weighted by atomic mass is 9.76. The molecule has 9 nitrogen and oxygen atoms in total. The summed E-state index contributed by atoms with van der Waals surface area (Å²) in [5.41, 5.74) is 0. The number of nitrogens with zero attached hydrogens (tertiary/aromatic N) is 1. The highest BCUT2D eigenvalue weighted by Gasteiger charge is 2.44. The van der Waals surface area contributed by atoms with Gasteiger partial charge >= 0.3 is 0 Å². The van der Waals surface area contributed by atoms with E-state index in [-0.39, 0.29) is 41.7 Å². The molecule has 2 aliphatic carbocycles. The first kappa shape index (κ1) is 31.4. The van der Waals surface area contributed by atoms with E-state index < -0.39 is 0 Å². The third-order valence-corrected chi connectivity index (χ3v) is 9.87. The number of hydrogen-bond acceptors (Lipinski definition) is 8. The SMILES string of the molecule is CCOC1CC2NCNC(NC3CCC(OCC4NCCCC4C)CC3Cl)C2CC1NC(=O)CCCN(C)C. The Morgan fingerprint density at radius 1 is 1.05 bits per heavy atom. The minimum Gasteiger partial charge on any atom is -0.377 e. The van der Waals surface area contributed by atoms with E-state index in [0.717, 1.165) is 64.9 Å². The molecule has 0 radical (unpaired) electrons. The first-order valence-electron chi connectivity index (χ1n) is 15.6. The topological polar surface area (TPSA) is 98.9 Å². The van der Waals surface area contributed by atoms with Crippen LogP contribution in [-0.2, 0) is 14.3 Å². The summed E-state index contributed by atoms with van der Waals surface area (Å²) in [5.74, 6) is 1.15. The smallest absolute Gasteiger partial charge is 0.220 e. The Bertz CT molecular complexity index is 748. The van der Waals surface area contributed by atoms with Crippen molar-refractivity contribution < 1.29 is 14.3 Å². The number of fused-ring (bicyclic) bond motifs is 1. The maximum Gasteiger partial charge on any atom is 0.220 e. The predicted octanol–water partition coefficient (Wildman–Crippen LogP) is 2.00. The third-order valence-electron chi connectivity index (χ3n) is 9.39. The van der Waals surface area contributed by atoms with Gasteiger partial charge in [0.15, 0.2) is 0 Å². The monoisotopic (exact) mass is 570 g/mol. The molecule has 2 aliphatic heterocycles. The van der Waals surface area contributed by atoms with E-state index in [1.807, 2.05) is 21.0 Å². The van der Waals surface area contributed by atoms with Crippen LogP contribution < -0.4 is 26.6 Å². The Labute approximate surface area is 241 Å². The zero-order chi connectivity index (χ0) is 27.8. The summed E-state index contributed by atoms with van der Waals surface area (Å²) < 4.78 is 12.5. The van der Waals surface area contributed by atoms with Crippen molar-refractivity contribution in [2.24, 2.45) is 11.8 Å². The number of hydrogen-bond donors (Lipinski definition) is 5. The number of amides is 1. The Morgan fingerprint density at radius 2 is 1.90 bits per heavy atom. The van der Waals surface area contributed by atoms with Crippen molar-refractivity contribution in [3.8, 4) is 0 Å². The summed E-state index contributed by atoms with van der Waals surface area (Å²) in [5, 5.41) is 18.2. The molecule has 4 rings (SSSR count). The summed E-state index contributed by atoms with van der Waals surface area (Å²) in [6, 6.07) is 1.09. The lowest BCUT2D eigenvalue weighted by Gasteiger charge is -2.49. The molecule has 0 aromatic carbocycles. The Kier molecular flexibility index (Phi) is 12.6. The van der Waals surface area contributed by atoms with E-state index in [4.69, 9.17) is 21.1 Å². The van der Waals surface area contributed by atoms with Gasteiger partial charge in [-0.1, -0.05) is 6.92 Å². The summed E-state index contributed by atoms with van der Waals surface area (Å²) in [4.78, 5) is 14.9. The standard InChI is InChI=1S/C29H55ClN6O3/c1-5-38-27-16-24-21(15-25(27)34-28(37)9-7-13-36(3)4)29(33-18-32-24)35-23-11-10-20(14-22(23)30)39-17-26-19(2)8-6-12-31-26/h19-27,29,31-33,35H,5-18H2,1-4H3,(H,34,37). The Morgan fingerprint density at radius 3 is 2.64 bits per heavy atom. The number of nitrogens with one attached hydrogen (secondary N) is 5. The largest absolute Gasteiger partial charge is 0.377 e. The number of halogens is 1. The van der Waals surface area contributed by atoms with Crippen LogP contribution in [0.2, 0.25) is 0 Å². The minimum absolute atomic E-state index is 0.0239. The first-order chi connectivity index (χ1) is 18.8. The molecular formula is C29H55ClN6O3.